The molecule has 0 aliphatic heterocycles. The summed E-state index contributed by atoms with van der Waals surface area (Å²) in [6.45, 7) is 5.88. The van der Waals surface area contributed by atoms with Gasteiger partial charge in [0.2, 0.25) is 0 Å². The summed E-state index contributed by atoms with van der Waals surface area (Å²) in [6.07, 6.45) is 1.60. The van der Waals surface area contributed by atoms with Crippen molar-refractivity contribution in [3.8, 4) is 0 Å². The number of benzene rings is 1. The Hall–Kier alpha value is -1.88. The number of hydrogen-bond donors (Lipinski definition) is 0. The predicted molar refractivity (Wildman–Crippen MR) is 80.2 cm³/mol. The molecule has 0 spiro atoms. The van der Waals surface area contributed by atoms with Gasteiger partial charge in [0, 0.05) is 7.11 Å². The lowest BCUT2D eigenvalue weighted by atomic mass is 10.1. The van der Waals surface area contributed by atoms with Gasteiger partial charge in [0.1, 0.15) is 13.7 Å². The number of rotatable bonds is 6. The Morgan fingerprint density at radius 1 is 1.35 bits per heavy atom. The van der Waals surface area contributed by atoms with E-state index in [9.17, 15) is 4.79 Å². The van der Waals surface area contributed by atoms with E-state index < -0.39 is 0 Å². The summed E-state index contributed by atoms with van der Waals surface area (Å²) in [4.78, 5) is 18.7. The van der Waals surface area contributed by atoms with Gasteiger partial charge in [-0.3, -0.25) is 4.79 Å². The molecule has 0 aliphatic carbocycles. The van der Waals surface area contributed by atoms with Gasteiger partial charge in [-0.25, -0.2) is 0 Å². The molecule has 0 saturated carbocycles. The number of para-hydroxylation sites is 1. The Kier molecular flexibility index (Phi) is 6.18. The molecule has 0 aromatic heterocycles. The van der Waals surface area contributed by atoms with Crippen LogP contribution >= 0.6 is 0 Å². The van der Waals surface area contributed by atoms with Crippen LogP contribution in [0.1, 0.15) is 18.1 Å². The molecule has 1 amide bonds. The molecule has 0 N–H and O–H groups in total. The van der Waals surface area contributed by atoms with Crippen molar-refractivity contribution >= 4 is 17.8 Å². The number of aryl methyl sites for hydroxylation is 2. The molecule has 110 valence electrons. The molecule has 0 radical (unpaired) electrons. The van der Waals surface area contributed by atoms with Crippen molar-refractivity contribution < 1.29 is 14.4 Å². The molecular formula is C15H22N2O3. The van der Waals surface area contributed by atoms with E-state index in [4.69, 9.17) is 9.57 Å². The Bertz CT molecular complexity index is 466. The number of carbonyl (C=O) groups excluding carboxylic acids is 1. The van der Waals surface area contributed by atoms with Crippen molar-refractivity contribution in [3.63, 3.8) is 0 Å². The SMILES string of the molecule is COCC(=O)N(c1c(C)cccc1C)C(C)/C=N\OC. The molecule has 1 aromatic carbocycles. The summed E-state index contributed by atoms with van der Waals surface area (Å²) in [5.74, 6) is -0.111. The number of amides is 1. The van der Waals surface area contributed by atoms with Crippen LogP contribution in [-0.4, -0.2) is 39.0 Å². The number of methoxy groups -OCH3 is 1. The molecular weight excluding hydrogens is 256 g/mol. The minimum atomic E-state index is -0.225. The van der Waals surface area contributed by atoms with Gasteiger partial charge >= 0.3 is 0 Å². The second-order valence-electron chi connectivity index (χ2n) is 4.61. The second-order valence-corrected chi connectivity index (χ2v) is 4.61. The van der Waals surface area contributed by atoms with E-state index in [1.165, 1.54) is 14.2 Å². The Labute approximate surface area is 120 Å². The van der Waals surface area contributed by atoms with Crippen molar-refractivity contribution in [1.29, 1.82) is 0 Å². The number of ether oxygens (including phenoxy) is 1. The molecule has 1 atom stereocenters. The smallest absolute Gasteiger partial charge is 0.253 e. The van der Waals surface area contributed by atoms with Crippen molar-refractivity contribution in [2.45, 2.75) is 26.8 Å². The van der Waals surface area contributed by atoms with Gasteiger partial charge in [-0.1, -0.05) is 23.4 Å². The molecule has 5 nitrogen and oxygen atoms in total. The maximum absolute atomic E-state index is 12.4. The minimum absolute atomic E-state index is 0.0267. The van der Waals surface area contributed by atoms with E-state index >= 15 is 0 Å². The third-order valence-electron chi connectivity index (χ3n) is 3.01. The number of hydrogen-bond acceptors (Lipinski definition) is 4. The molecule has 0 fully saturated rings. The summed E-state index contributed by atoms with van der Waals surface area (Å²) >= 11 is 0. The molecule has 0 heterocycles. The fraction of sp³-hybridized carbons (Fsp3) is 0.467. The fourth-order valence-corrected chi connectivity index (χ4v) is 2.15. The fourth-order valence-electron chi connectivity index (χ4n) is 2.15. The monoisotopic (exact) mass is 278 g/mol. The number of nitrogens with zero attached hydrogens (tertiary/aromatic N) is 2. The van der Waals surface area contributed by atoms with Gasteiger partial charge in [-0.2, -0.15) is 0 Å². The largest absolute Gasteiger partial charge is 0.399 e. The first kappa shape index (κ1) is 16.2. The average molecular weight is 278 g/mol. The van der Waals surface area contributed by atoms with Gasteiger partial charge in [0.25, 0.3) is 5.91 Å². The van der Waals surface area contributed by atoms with Crippen LogP contribution in [0.5, 0.6) is 0 Å². The lowest BCUT2D eigenvalue weighted by Crippen LogP contribution is -2.42. The standard InChI is InChI=1S/C15H22N2O3/c1-11-7-6-8-12(2)15(11)17(14(18)10-19-4)13(3)9-16-20-5/h6-9,13H,10H2,1-5H3/b16-9-. The van der Waals surface area contributed by atoms with Crippen LogP contribution in [-0.2, 0) is 14.4 Å². The molecule has 0 saturated heterocycles. The third-order valence-corrected chi connectivity index (χ3v) is 3.01. The zero-order valence-corrected chi connectivity index (χ0v) is 12.7. The molecule has 1 rings (SSSR count). The Morgan fingerprint density at radius 2 is 1.95 bits per heavy atom. The van der Waals surface area contributed by atoms with Crippen molar-refractivity contribution in [3.05, 3.63) is 29.3 Å². The van der Waals surface area contributed by atoms with Crippen LogP contribution in [0.4, 0.5) is 5.69 Å². The molecule has 0 aliphatic rings. The van der Waals surface area contributed by atoms with E-state index in [2.05, 4.69) is 5.16 Å². The summed E-state index contributed by atoms with van der Waals surface area (Å²) in [6, 6.07) is 5.71. The molecule has 0 bridgehead atoms. The molecule has 1 unspecified atom stereocenters. The van der Waals surface area contributed by atoms with Gasteiger partial charge in [-0.05, 0) is 31.9 Å². The Morgan fingerprint density at radius 3 is 2.45 bits per heavy atom. The zero-order chi connectivity index (χ0) is 15.1. The normalized spacial score (nSPS) is 12.4. The van der Waals surface area contributed by atoms with Gasteiger partial charge < -0.3 is 14.5 Å². The molecule has 20 heavy (non-hydrogen) atoms. The lowest BCUT2D eigenvalue weighted by Gasteiger charge is -2.29. The highest BCUT2D eigenvalue weighted by Gasteiger charge is 2.23. The summed E-state index contributed by atoms with van der Waals surface area (Å²) in [5, 5.41) is 3.76. The average Bonchev–Trinajstić information content (AvgIpc) is 2.40. The zero-order valence-electron chi connectivity index (χ0n) is 12.7. The predicted octanol–water partition coefficient (Wildman–Crippen LogP) is 2.30. The number of oxime groups is 1. The van der Waals surface area contributed by atoms with Gasteiger partial charge in [0.05, 0.1) is 17.9 Å². The first-order chi connectivity index (χ1) is 9.52. The van der Waals surface area contributed by atoms with E-state index in [-0.39, 0.29) is 18.6 Å². The van der Waals surface area contributed by atoms with Crippen LogP contribution in [0.2, 0.25) is 0 Å². The molecule has 5 heteroatoms. The van der Waals surface area contributed by atoms with Crippen LogP contribution in [0, 0.1) is 13.8 Å². The van der Waals surface area contributed by atoms with E-state index in [1.807, 2.05) is 39.0 Å². The van der Waals surface area contributed by atoms with Gasteiger partial charge in [-0.15, -0.1) is 0 Å². The first-order valence-electron chi connectivity index (χ1n) is 6.46. The lowest BCUT2D eigenvalue weighted by molar-refractivity contribution is -0.122. The summed E-state index contributed by atoms with van der Waals surface area (Å²) in [7, 11) is 2.98. The second kappa shape index (κ2) is 7.65. The minimum Gasteiger partial charge on any atom is -0.399 e. The maximum Gasteiger partial charge on any atom is 0.253 e. The van der Waals surface area contributed by atoms with Crippen molar-refractivity contribution in [2.24, 2.45) is 5.16 Å². The number of carbonyl (C=O) groups is 1. The van der Waals surface area contributed by atoms with E-state index in [0.29, 0.717) is 0 Å². The third kappa shape index (κ3) is 3.81. The Balaban J connectivity index is 3.23. The van der Waals surface area contributed by atoms with Crippen molar-refractivity contribution in [2.75, 3.05) is 25.7 Å². The van der Waals surface area contributed by atoms with Crippen LogP contribution in [0.15, 0.2) is 23.4 Å². The molecule has 1 aromatic rings. The highest BCUT2D eigenvalue weighted by Crippen LogP contribution is 2.26. The van der Waals surface area contributed by atoms with Crippen molar-refractivity contribution in [1.82, 2.24) is 0 Å². The quantitative estimate of drug-likeness (QED) is 0.592. The summed E-state index contributed by atoms with van der Waals surface area (Å²) < 4.78 is 4.97. The highest BCUT2D eigenvalue weighted by molar-refractivity contribution is 5.99. The number of anilines is 1. The van der Waals surface area contributed by atoms with Gasteiger partial charge in [0.15, 0.2) is 0 Å². The van der Waals surface area contributed by atoms with E-state index in [0.717, 1.165) is 16.8 Å². The first-order valence-corrected chi connectivity index (χ1v) is 6.46. The summed E-state index contributed by atoms with van der Waals surface area (Å²) in [5.41, 5.74) is 2.96. The van der Waals surface area contributed by atoms with Crippen LogP contribution in [0.25, 0.3) is 0 Å². The topological polar surface area (TPSA) is 51.1 Å². The maximum atomic E-state index is 12.4. The van der Waals surface area contributed by atoms with E-state index in [1.54, 1.807) is 11.1 Å². The van der Waals surface area contributed by atoms with Crippen LogP contribution < -0.4 is 4.90 Å². The highest BCUT2D eigenvalue weighted by atomic mass is 16.6. The van der Waals surface area contributed by atoms with Crippen LogP contribution in [0.3, 0.4) is 0 Å².